The van der Waals surface area contributed by atoms with Gasteiger partial charge in [-0.2, -0.15) is 5.10 Å². The van der Waals surface area contributed by atoms with Gasteiger partial charge in [0.25, 0.3) is 0 Å². The van der Waals surface area contributed by atoms with Gasteiger partial charge < -0.3 is 10.5 Å². The Kier molecular flexibility index (Phi) is 4.61. The first-order valence-corrected chi connectivity index (χ1v) is 7.04. The van der Waals surface area contributed by atoms with E-state index in [2.05, 4.69) is 34.0 Å². The predicted molar refractivity (Wildman–Crippen MR) is 79.2 cm³/mol. The van der Waals surface area contributed by atoms with E-state index in [4.69, 9.17) is 10.5 Å². The molecule has 2 N–H and O–H groups in total. The average Bonchev–Trinajstić information content (AvgIpc) is 2.80. The minimum absolute atomic E-state index is 0.0936. The first-order chi connectivity index (χ1) is 9.15. The van der Waals surface area contributed by atoms with Crippen LogP contribution in [-0.4, -0.2) is 16.9 Å². The molecule has 19 heavy (non-hydrogen) atoms. The van der Waals surface area contributed by atoms with Gasteiger partial charge in [-0.3, -0.25) is 4.68 Å². The Morgan fingerprint density at radius 2 is 2.26 bits per heavy atom. The van der Waals surface area contributed by atoms with Gasteiger partial charge in [0.05, 0.1) is 29.5 Å². The smallest absolute Gasteiger partial charge is 0.119 e. The van der Waals surface area contributed by atoms with E-state index >= 15 is 0 Å². The maximum absolute atomic E-state index is 6.31. The van der Waals surface area contributed by atoms with Crippen LogP contribution in [0.25, 0.3) is 0 Å². The van der Waals surface area contributed by atoms with Crippen LogP contribution in [0.2, 0.25) is 0 Å². The molecule has 4 nitrogen and oxygen atoms in total. The van der Waals surface area contributed by atoms with Gasteiger partial charge in [-0.1, -0.05) is 12.1 Å². The highest BCUT2D eigenvalue weighted by Crippen LogP contribution is 2.25. The van der Waals surface area contributed by atoms with Crippen LogP contribution in [0.15, 0.2) is 34.9 Å². The third-order valence-electron chi connectivity index (χ3n) is 3.07. The molecule has 102 valence electrons. The molecule has 1 atom stereocenters. The Hall–Kier alpha value is -1.33. The minimum atomic E-state index is -0.0936. The Morgan fingerprint density at radius 1 is 1.47 bits per heavy atom. The lowest BCUT2D eigenvalue weighted by molar-refractivity contribution is 0.414. The summed E-state index contributed by atoms with van der Waals surface area (Å²) in [5.41, 5.74) is 8.50. The van der Waals surface area contributed by atoms with E-state index in [-0.39, 0.29) is 6.04 Å². The number of nitrogens with two attached hydrogens (primary N) is 1. The maximum atomic E-state index is 6.31. The van der Waals surface area contributed by atoms with Crippen LogP contribution < -0.4 is 10.5 Å². The van der Waals surface area contributed by atoms with E-state index in [9.17, 15) is 0 Å². The van der Waals surface area contributed by atoms with E-state index in [1.54, 1.807) is 13.3 Å². The van der Waals surface area contributed by atoms with Crippen molar-refractivity contribution in [1.82, 2.24) is 9.78 Å². The monoisotopic (exact) mass is 323 g/mol. The Bertz CT molecular complexity index is 553. The highest BCUT2D eigenvalue weighted by atomic mass is 79.9. The molecular formula is C14H18BrN3O. The van der Waals surface area contributed by atoms with Gasteiger partial charge in [-0.15, -0.1) is 0 Å². The lowest BCUT2D eigenvalue weighted by Crippen LogP contribution is -2.18. The van der Waals surface area contributed by atoms with Crippen LogP contribution in [0, 0.1) is 0 Å². The maximum Gasteiger partial charge on any atom is 0.119 e. The van der Waals surface area contributed by atoms with Crippen LogP contribution in [-0.2, 0) is 13.0 Å². The predicted octanol–water partition coefficient (Wildman–Crippen LogP) is 2.92. The first-order valence-electron chi connectivity index (χ1n) is 6.25. The number of hydrogen-bond acceptors (Lipinski definition) is 3. The summed E-state index contributed by atoms with van der Waals surface area (Å²) in [6.07, 6.45) is 2.55. The SMILES string of the molecule is CCn1ncc(Br)c1C(N)Cc1cccc(OC)c1. The molecule has 2 aromatic rings. The zero-order chi connectivity index (χ0) is 13.8. The Labute approximate surface area is 121 Å². The van der Waals surface area contributed by atoms with E-state index in [0.717, 1.165) is 34.4 Å². The van der Waals surface area contributed by atoms with Crippen molar-refractivity contribution < 1.29 is 4.74 Å². The first kappa shape index (κ1) is 14.1. The van der Waals surface area contributed by atoms with Crippen molar-refractivity contribution in [2.24, 2.45) is 5.73 Å². The quantitative estimate of drug-likeness (QED) is 0.920. The molecule has 0 fully saturated rings. The molecule has 1 aromatic carbocycles. The topological polar surface area (TPSA) is 53.1 Å². The fourth-order valence-electron chi connectivity index (χ4n) is 2.14. The molecule has 0 aliphatic carbocycles. The van der Waals surface area contributed by atoms with Crippen LogP contribution in [0.1, 0.15) is 24.2 Å². The van der Waals surface area contributed by atoms with Gasteiger partial charge in [-0.25, -0.2) is 0 Å². The van der Waals surface area contributed by atoms with Gasteiger partial charge in [0.2, 0.25) is 0 Å². The molecule has 0 saturated carbocycles. The molecule has 0 saturated heterocycles. The fourth-order valence-corrected chi connectivity index (χ4v) is 2.73. The molecule has 1 heterocycles. The van der Waals surface area contributed by atoms with Crippen LogP contribution >= 0.6 is 15.9 Å². The molecule has 0 aliphatic heterocycles. The van der Waals surface area contributed by atoms with Gasteiger partial charge >= 0.3 is 0 Å². The molecule has 1 unspecified atom stereocenters. The molecule has 0 radical (unpaired) electrons. The zero-order valence-electron chi connectivity index (χ0n) is 11.1. The van der Waals surface area contributed by atoms with Crippen LogP contribution in [0.3, 0.4) is 0 Å². The summed E-state index contributed by atoms with van der Waals surface area (Å²) in [6.45, 7) is 2.87. The van der Waals surface area contributed by atoms with Crippen molar-refractivity contribution in [1.29, 1.82) is 0 Å². The lowest BCUT2D eigenvalue weighted by atomic mass is 10.0. The van der Waals surface area contributed by atoms with Crippen molar-refractivity contribution >= 4 is 15.9 Å². The largest absolute Gasteiger partial charge is 0.497 e. The van der Waals surface area contributed by atoms with Gasteiger partial charge in [-0.05, 0) is 47.0 Å². The van der Waals surface area contributed by atoms with Crippen LogP contribution in [0.5, 0.6) is 5.75 Å². The molecule has 0 bridgehead atoms. The number of hydrogen-bond donors (Lipinski definition) is 1. The van der Waals surface area contributed by atoms with Gasteiger partial charge in [0, 0.05) is 6.54 Å². The second kappa shape index (κ2) is 6.21. The summed E-state index contributed by atoms with van der Waals surface area (Å²) in [5.74, 6) is 0.854. The van der Waals surface area contributed by atoms with E-state index in [1.165, 1.54) is 0 Å². The van der Waals surface area contributed by atoms with Crippen molar-refractivity contribution in [3.05, 3.63) is 46.2 Å². The van der Waals surface area contributed by atoms with Crippen LogP contribution in [0.4, 0.5) is 0 Å². The van der Waals surface area contributed by atoms with Crippen molar-refractivity contribution in [3.8, 4) is 5.75 Å². The highest BCUT2D eigenvalue weighted by Gasteiger charge is 2.16. The number of nitrogens with zero attached hydrogens (tertiary/aromatic N) is 2. The standard InChI is InChI=1S/C14H18BrN3O/c1-3-18-14(12(15)9-17-18)13(16)8-10-5-4-6-11(7-10)19-2/h4-7,9,13H,3,8,16H2,1-2H3. The summed E-state index contributed by atoms with van der Waals surface area (Å²) < 4.78 is 8.12. The van der Waals surface area contributed by atoms with E-state index < -0.39 is 0 Å². The number of ether oxygens (including phenoxy) is 1. The second-order valence-corrected chi connectivity index (χ2v) is 5.21. The van der Waals surface area contributed by atoms with Crippen molar-refractivity contribution in [2.75, 3.05) is 7.11 Å². The molecule has 0 aliphatic rings. The fraction of sp³-hybridized carbons (Fsp3) is 0.357. The second-order valence-electron chi connectivity index (χ2n) is 4.36. The highest BCUT2D eigenvalue weighted by molar-refractivity contribution is 9.10. The van der Waals surface area contributed by atoms with Gasteiger partial charge in [0.1, 0.15) is 5.75 Å². The summed E-state index contributed by atoms with van der Waals surface area (Å²) in [6, 6.07) is 7.89. The normalized spacial score (nSPS) is 12.4. The van der Waals surface area contributed by atoms with Crippen molar-refractivity contribution in [3.63, 3.8) is 0 Å². The summed E-state index contributed by atoms with van der Waals surface area (Å²) >= 11 is 3.51. The Balaban J connectivity index is 2.20. The summed E-state index contributed by atoms with van der Waals surface area (Å²) in [7, 11) is 1.67. The third kappa shape index (κ3) is 3.16. The zero-order valence-corrected chi connectivity index (χ0v) is 12.7. The lowest BCUT2D eigenvalue weighted by Gasteiger charge is -2.15. The average molecular weight is 324 g/mol. The molecule has 0 amide bonds. The van der Waals surface area contributed by atoms with E-state index in [0.29, 0.717) is 0 Å². The van der Waals surface area contributed by atoms with E-state index in [1.807, 2.05) is 22.9 Å². The molecule has 2 rings (SSSR count). The molecule has 5 heteroatoms. The van der Waals surface area contributed by atoms with Gasteiger partial charge in [0.15, 0.2) is 0 Å². The number of methoxy groups -OCH3 is 1. The number of benzene rings is 1. The summed E-state index contributed by atoms with van der Waals surface area (Å²) in [4.78, 5) is 0. The number of aromatic nitrogens is 2. The Morgan fingerprint density at radius 3 is 2.95 bits per heavy atom. The molecule has 0 spiro atoms. The number of aryl methyl sites for hydroxylation is 1. The number of rotatable bonds is 5. The third-order valence-corrected chi connectivity index (χ3v) is 3.68. The molecule has 1 aromatic heterocycles. The molecular weight excluding hydrogens is 306 g/mol. The van der Waals surface area contributed by atoms with Crippen molar-refractivity contribution in [2.45, 2.75) is 25.9 Å². The minimum Gasteiger partial charge on any atom is -0.497 e. The number of halogens is 1. The summed E-state index contributed by atoms with van der Waals surface area (Å²) in [5, 5.41) is 4.30.